The Morgan fingerprint density at radius 1 is 1.13 bits per heavy atom. The lowest BCUT2D eigenvalue weighted by atomic mass is 10.1. The number of hydrogen-bond donors (Lipinski definition) is 1. The second-order valence-electron chi connectivity index (χ2n) is 6.79. The maximum atomic E-state index is 13.0. The molecule has 9 heteroatoms. The van der Waals surface area contributed by atoms with Gasteiger partial charge in [0, 0.05) is 22.7 Å². The fourth-order valence-corrected chi connectivity index (χ4v) is 5.35. The summed E-state index contributed by atoms with van der Waals surface area (Å²) in [4.78, 5) is 42.8. The van der Waals surface area contributed by atoms with Crippen LogP contribution in [0.5, 0.6) is 0 Å². The molecule has 6 nitrogen and oxygen atoms in total. The van der Waals surface area contributed by atoms with Crippen molar-refractivity contribution in [2.45, 2.75) is 25.0 Å². The SMILES string of the molecule is CC(=O)c1cccc(NC(=O)CSc2nc3ccsc3c(=O)n2CCc2cccs2)c1. The maximum Gasteiger partial charge on any atom is 0.272 e. The number of carbonyl (C=O) groups is 2. The summed E-state index contributed by atoms with van der Waals surface area (Å²) in [5.74, 6) is -0.186. The van der Waals surface area contributed by atoms with Crippen LogP contribution in [0.25, 0.3) is 10.2 Å². The van der Waals surface area contributed by atoms with Gasteiger partial charge in [-0.05, 0) is 48.4 Å². The third-order valence-electron chi connectivity index (χ3n) is 4.58. The molecule has 0 aliphatic carbocycles. The van der Waals surface area contributed by atoms with E-state index in [1.54, 1.807) is 40.2 Å². The molecule has 1 amide bonds. The molecule has 3 heterocycles. The van der Waals surface area contributed by atoms with Gasteiger partial charge in [-0.3, -0.25) is 19.0 Å². The molecule has 0 saturated heterocycles. The second kappa shape index (κ2) is 9.59. The van der Waals surface area contributed by atoms with Gasteiger partial charge in [-0.2, -0.15) is 0 Å². The molecular formula is C22H19N3O3S3. The Bertz CT molecular complexity index is 1290. The zero-order chi connectivity index (χ0) is 21.8. The molecule has 1 aromatic carbocycles. The van der Waals surface area contributed by atoms with E-state index in [0.717, 1.165) is 6.42 Å². The summed E-state index contributed by atoms with van der Waals surface area (Å²) in [6.45, 7) is 1.99. The molecule has 0 fully saturated rings. The number of Topliss-reactive ketones (excluding diaryl/α,β-unsaturated/α-hetero) is 1. The highest BCUT2D eigenvalue weighted by Gasteiger charge is 2.15. The Morgan fingerprint density at radius 2 is 2.00 bits per heavy atom. The van der Waals surface area contributed by atoms with Gasteiger partial charge in [0.2, 0.25) is 5.91 Å². The lowest BCUT2D eigenvalue weighted by Crippen LogP contribution is -2.24. The van der Waals surface area contributed by atoms with Crippen LogP contribution in [0, 0.1) is 0 Å². The first-order valence-electron chi connectivity index (χ1n) is 9.55. The van der Waals surface area contributed by atoms with Crippen molar-refractivity contribution in [2.75, 3.05) is 11.1 Å². The molecule has 0 unspecified atom stereocenters. The van der Waals surface area contributed by atoms with Crippen LogP contribution in [0.2, 0.25) is 0 Å². The lowest BCUT2D eigenvalue weighted by molar-refractivity contribution is -0.113. The number of thioether (sulfide) groups is 1. The molecule has 1 N–H and O–H groups in total. The van der Waals surface area contributed by atoms with E-state index in [2.05, 4.69) is 10.3 Å². The van der Waals surface area contributed by atoms with E-state index in [1.165, 1.54) is 34.9 Å². The molecule has 0 bridgehead atoms. The third kappa shape index (κ3) is 5.12. The lowest BCUT2D eigenvalue weighted by Gasteiger charge is -2.12. The molecule has 0 saturated carbocycles. The molecular weight excluding hydrogens is 450 g/mol. The largest absolute Gasteiger partial charge is 0.325 e. The monoisotopic (exact) mass is 469 g/mol. The molecule has 4 aromatic rings. The fourth-order valence-electron chi connectivity index (χ4n) is 3.05. The van der Waals surface area contributed by atoms with Crippen molar-refractivity contribution >= 4 is 62.0 Å². The van der Waals surface area contributed by atoms with Crippen LogP contribution in [0.3, 0.4) is 0 Å². The first-order valence-corrected chi connectivity index (χ1v) is 12.3. The van der Waals surface area contributed by atoms with Gasteiger partial charge in [-0.25, -0.2) is 4.98 Å². The zero-order valence-corrected chi connectivity index (χ0v) is 19.1. The van der Waals surface area contributed by atoms with E-state index >= 15 is 0 Å². The standard InChI is InChI=1S/C22H19N3O3S3/c1-14(26)15-4-2-5-16(12-15)23-19(27)13-31-22-24-18-8-11-30-20(18)21(28)25(22)9-7-17-6-3-10-29-17/h2-6,8,10-12H,7,9,13H2,1H3,(H,23,27). The molecule has 3 aromatic heterocycles. The van der Waals surface area contributed by atoms with Gasteiger partial charge in [0.05, 0.1) is 11.3 Å². The third-order valence-corrected chi connectivity index (χ3v) is 7.38. The first kappa shape index (κ1) is 21.5. The number of aromatic nitrogens is 2. The average molecular weight is 470 g/mol. The fraction of sp³-hybridized carbons (Fsp3) is 0.182. The molecule has 0 atom stereocenters. The first-order chi connectivity index (χ1) is 15.0. The molecule has 0 aliphatic rings. The Morgan fingerprint density at radius 3 is 2.77 bits per heavy atom. The highest BCUT2D eigenvalue weighted by Crippen LogP contribution is 2.22. The summed E-state index contributed by atoms with van der Waals surface area (Å²) in [5, 5.41) is 7.20. The number of hydrogen-bond acceptors (Lipinski definition) is 7. The Kier molecular flexibility index (Phi) is 6.64. The minimum absolute atomic E-state index is 0.0616. The Hall–Kier alpha value is -2.75. The number of nitrogens with zero attached hydrogens (tertiary/aromatic N) is 2. The number of thiophene rings is 2. The zero-order valence-electron chi connectivity index (χ0n) is 16.7. The highest BCUT2D eigenvalue weighted by molar-refractivity contribution is 7.99. The number of aryl methyl sites for hydroxylation is 1. The van der Waals surface area contributed by atoms with Crippen LogP contribution in [-0.2, 0) is 17.8 Å². The van der Waals surface area contributed by atoms with Crippen LogP contribution in [0.4, 0.5) is 5.69 Å². The number of benzene rings is 1. The number of fused-ring (bicyclic) bond motifs is 1. The van der Waals surface area contributed by atoms with Crippen LogP contribution >= 0.6 is 34.4 Å². The number of rotatable bonds is 8. The van der Waals surface area contributed by atoms with Gasteiger partial charge < -0.3 is 5.32 Å². The smallest absolute Gasteiger partial charge is 0.272 e. The summed E-state index contributed by atoms with van der Waals surface area (Å²) in [7, 11) is 0. The van der Waals surface area contributed by atoms with Crippen molar-refractivity contribution in [3.05, 3.63) is 74.0 Å². The summed E-state index contributed by atoms with van der Waals surface area (Å²) in [6, 6.07) is 12.7. The molecule has 0 radical (unpaired) electrons. The maximum absolute atomic E-state index is 13.0. The van der Waals surface area contributed by atoms with Gasteiger partial charge in [-0.15, -0.1) is 22.7 Å². The van der Waals surface area contributed by atoms with Crippen LogP contribution in [-0.4, -0.2) is 27.0 Å². The minimum atomic E-state index is -0.227. The summed E-state index contributed by atoms with van der Waals surface area (Å²) >= 11 is 4.27. The quantitative estimate of drug-likeness (QED) is 0.230. The number of ketones is 1. The number of nitrogens with one attached hydrogen (secondary N) is 1. The average Bonchev–Trinajstić information content (AvgIpc) is 3.44. The topological polar surface area (TPSA) is 81.1 Å². The van der Waals surface area contributed by atoms with Crippen molar-refractivity contribution < 1.29 is 9.59 Å². The van der Waals surface area contributed by atoms with E-state index in [0.29, 0.717) is 33.2 Å². The van der Waals surface area contributed by atoms with Crippen LogP contribution in [0.1, 0.15) is 22.2 Å². The van der Waals surface area contributed by atoms with E-state index in [1.807, 2.05) is 29.0 Å². The van der Waals surface area contributed by atoms with Gasteiger partial charge in [-0.1, -0.05) is 30.0 Å². The molecule has 4 rings (SSSR count). The number of amides is 1. The van der Waals surface area contributed by atoms with Crippen molar-refractivity contribution in [1.82, 2.24) is 9.55 Å². The van der Waals surface area contributed by atoms with E-state index < -0.39 is 0 Å². The predicted octanol–water partition coefficient (Wildman–Crippen LogP) is 4.70. The van der Waals surface area contributed by atoms with E-state index in [4.69, 9.17) is 0 Å². The number of carbonyl (C=O) groups excluding carboxylic acids is 2. The molecule has 0 spiro atoms. The van der Waals surface area contributed by atoms with Crippen LogP contribution < -0.4 is 10.9 Å². The van der Waals surface area contributed by atoms with Gasteiger partial charge in [0.1, 0.15) is 4.70 Å². The molecule has 0 aliphatic heterocycles. The van der Waals surface area contributed by atoms with Gasteiger partial charge >= 0.3 is 0 Å². The van der Waals surface area contributed by atoms with Crippen molar-refractivity contribution in [3.8, 4) is 0 Å². The van der Waals surface area contributed by atoms with Crippen molar-refractivity contribution in [3.63, 3.8) is 0 Å². The van der Waals surface area contributed by atoms with E-state index in [-0.39, 0.29) is 23.0 Å². The molecule has 31 heavy (non-hydrogen) atoms. The van der Waals surface area contributed by atoms with E-state index in [9.17, 15) is 14.4 Å². The summed E-state index contributed by atoms with van der Waals surface area (Å²) in [5.41, 5.74) is 1.68. The number of anilines is 1. The molecule has 158 valence electrons. The second-order valence-corrected chi connectivity index (χ2v) is 9.68. The van der Waals surface area contributed by atoms with Crippen LogP contribution in [0.15, 0.2) is 63.2 Å². The van der Waals surface area contributed by atoms with Gasteiger partial charge in [0.15, 0.2) is 10.9 Å². The minimum Gasteiger partial charge on any atom is -0.325 e. The van der Waals surface area contributed by atoms with Crippen molar-refractivity contribution in [1.29, 1.82) is 0 Å². The Labute approximate surface area is 191 Å². The Balaban J connectivity index is 1.51. The van der Waals surface area contributed by atoms with Gasteiger partial charge in [0.25, 0.3) is 5.56 Å². The highest BCUT2D eigenvalue weighted by atomic mass is 32.2. The summed E-state index contributed by atoms with van der Waals surface area (Å²) < 4.78 is 2.29. The van der Waals surface area contributed by atoms with Crippen molar-refractivity contribution in [2.24, 2.45) is 0 Å². The normalized spacial score (nSPS) is 11.0. The summed E-state index contributed by atoms with van der Waals surface area (Å²) in [6.07, 6.45) is 0.730. The predicted molar refractivity (Wildman–Crippen MR) is 128 cm³/mol.